The summed E-state index contributed by atoms with van der Waals surface area (Å²) < 4.78 is 34.4. The average molecular weight is 426 g/mol. The van der Waals surface area contributed by atoms with Crippen LogP contribution < -0.4 is 4.52 Å². The van der Waals surface area contributed by atoms with Crippen molar-refractivity contribution in [2.75, 3.05) is 20.3 Å². The van der Waals surface area contributed by atoms with Gasteiger partial charge in [-0.2, -0.15) is 0 Å². The molecule has 4 bridgehead atoms. The maximum atomic E-state index is 12.4. The molecule has 0 aromatic heterocycles. The summed E-state index contributed by atoms with van der Waals surface area (Å²) in [6.45, 7) is 0.597. The zero-order valence-corrected chi connectivity index (χ0v) is 18.1. The molecule has 4 saturated carbocycles. The average Bonchev–Trinajstić information content (AvgIpc) is 3.16. The quantitative estimate of drug-likeness (QED) is 0.563. The molecule has 1 heterocycles. The van der Waals surface area contributed by atoms with Gasteiger partial charge >= 0.3 is 7.82 Å². The minimum Gasteiger partial charge on any atom is -0.404 e. The van der Waals surface area contributed by atoms with Crippen molar-refractivity contribution in [3.05, 3.63) is 47.5 Å². The van der Waals surface area contributed by atoms with Gasteiger partial charge in [-0.25, -0.2) is 4.57 Å². The molecular weight excluding hydrogens is 399 g/mol. The van der Waals surface area contributed by atoms with Gasteiger partial charge in [0, 0.05) is 7.11 Å². The molecule has 1 saturated heterocycles. The van der Waals surface area contributed by atoms with Gasteiger partial charge in [-0.3, -0.25) is 9.05 Å². The monoisotopic (exact) mass is 426 g/mol. The van der Waals surface area contributed by atoms with Gasteiger partial charge in [-0.05, 0) is 90.0 Å². The van der Waals surface area contributed by atoms with Crippen LogP contribution in [-0.4, -0.2) is 25.9 Å². The number of methoxy groups -OCH3 is 1. The van der Waals surface area contributed by atoms with E-state index in [9.17, 15) is 4.57 Å². The first-order valence-electron chi connectivity index (χ1n) is 10.9. The first-order valence-corrected chi connectivity index (χ1v) is 12.4. The molecule has 2 aromatic rings. The van der Waals surface area contributed by atoms with Gasteiger partial charge in [-0.1, -0.05) is 24.3 Å². The maximum Gasteiger partial charge on any atom is 0.530 e. The molecular formula is C24H27O5P. The van der Waals surface area contributed by atoms with Crippen LogP contribution >= 0.6 is 7.82 Å². The van der Waals surface area contributed by atoms with Crippen molar-refractivity contribution in [3.63, 3.8) is 0 Å². The van der Waals surface area contributed by atoms with E-state index in [1.54, 1.807) is 0 Å². The summed E-state index contributed by atoms with van der Waals surface area (Å²) in [5, 5.41) is 2.16. The van der Waals surface area contributed by atoms with Gasteiger partial charge < -0.3 is 9.26 Å². The van der Waals surface area contributed by atoms with Crippen LogP contribution in [-0.2, 0) is 18.3 Å². The Morgan fingerprint density at radius 3 is 2.47 bits per heavy atom. The summed E-state index contributed by atoms with van der Waals surface area (Å²) in [6, 6.07) is 12.2. The Hall–Kier alpha value is -1.65. The molecule has 5 fully saturated rings. The molecule has 158 valence electrons. The number of hydrogen-bond acceptors (Lipinski definition) is 5. The minimum absolute atomic E-state index is 0.0642. The summed E-state index contributed by atoms with van der Waals surface area (Å²) >= 11 is 0. The molecule has 0 N–H and O–H groups in total. The lowest BCUT2D eigenvalue weighted by atomic mass is 9.52. The molecule has 4 aliphatic carbocycles. The SMILES string of the molecule is COC12CC3CC(CC(C3)C1=Cc1ccc3ccc(OP4(=O)OCCO4)cc3c1)C2. The van der Waals surface area contributed by atoms with Crippen LogP contribution in [0, 0.1) is 17.8 Å². The van der Waals surface area contributed by atoms with Crippen LogP contribution in [0.5, 0.6) is 5.75 Å². The lowest BCUT2D eigenvalue weighted by molar-refractivity contribution is -0.0997. The Morgan fingerprint density at radius 2 is 1.73 bits per heavy atom. The first kappa shape index (κ1) is 19.1. The van der Waals surface area contributed by atoms with E-state index in [4.69, 9.17) is 18.3 Å². The van der Waals surface area contributed by atoms with E-state index >= 15 is 0 Å². The molecule has 0 spiro atoms. The van der Waals surface area contributed by atoms with E-state index in [0.29, 0.717) is 24.9 Å². The van der Waals surface area contributed by atoms with Gasteiger partial charge in [0.2, 0.25) is 0 Å². The van der Waals surface area contributed by atoms with E-state index in [2.05, 4.69) is 24.3 Å². The maximum absolute atomic E-state index is 12.4. The van der Waals surface area contributed by atoms with E-state index in [1.807, 2.05) is 25.3 Å². The summed E-state index contributed by atoms with van der Waals surface area (Å²) in [5.74, 6) is 2.82. The number of phosphoric acid groups is 1. The van der Waals surface area contributed by atoms with E-state index in [1.165, 1.54) is 43.2 Å². The minimum atomic E-state index is -3.47. The molecule has 30 heavy (non-hydrogen) atoms. The van der Waals surface area contributed by atoms with E-state index in [-0.39, 0.29) is 5.60 Å². The Labute approximate surface area is 177 Å². The summed E-state index contributed by atoms with van der Waals surface area (Å²) in [7, 11) is -1.58. The van der Waals surface area contributed by atoms with Crippen molar-refractivity contribution in [1.82, 2.24) is 0 Å². The summed E-state index contributed by atoms with van der Waals surface area (Å²) in [6.07, 6.45) is 8.73. The van der Waals surface area contributed by atoms with Crippen LogP contribution in [0.4, 0.5) is 0 Å². The summed E-state index contributed by atoms with van der Waals surface area (Å²) in [5.41, 5.74) is 2.60. The van der Waals surface area contributed by atoms with Crippen LogP contribution in [0.3, 0.4) is 0 Å². The zero-order chi connectivity index (χ0) is 20.3. The molecule has 2 unspecified atom stereocenters. The largest absolute Gasteiger partial charge is 0.530 e. The van der Waals surface area contributed by atoms with Crippen LogP contribution in [0.25, 0.3) is 16.8 Å². The fourth-order valence-corrected chi connectivity index (χ4v) is 7.54. The number of phosphoric ester groups is 1. The van der Waals surface area contributed by atoms with Crippen LogP contribution in [0.2, 0.25) is 0 Å². The number of hydrogen-bond donors (Lipinski definition) is 0. The highest BCUT2D eigenvalue weighted by atomic mass is 31.2. The Morgan fingerprint density at radius 1 is 1.00 bits per heavy atom. The smallest absolute Gasteiger partial charge is 0.404 e. The number of rotatable bonds is 4. The highest BCUT2D eigenvalue weighted by Gasteiger charge is 2.54. The van der Waals surface area contributed by atoms with E-state index in [0.717, 1.165) is 22.6 Å². The second-order valence-electron chi connectivity index (χ2n) is 9.32. The zero-order valence-electron chi connectivity index (χ0n) is 17.2. The molecule has 0 amide bonds. The molecule has 6 heteroatoms. The molecule has 5 nitrogen and oxygen atoms in total. The fraction of sp³-hybridized carbons (Fsp3) is 0.500. The van der Waals surface area contributed by atoms with Gasteiger partial charge in [0.05, 0.1) is 18.8 Å². The second kappa shape index (κ2) is 6.93. The van der Waals surface area contributed by atoms with Crippen molar-refractivity contribution in [2.45, 2.75) is 37.7 Å². The molecule has 2 atom stereocenters. The third-order valence-corrected chi connectivity index (χ3v) is 8.89. The van der Waals surface area contributed by atoms with Crippen LogP contribution in [0.15, 0.2) is 42.0 Å². The van der Waals surface area contributed by atoms with Crippen molar-refractivity contribution >= 4 is 24.7 Å². The Bertz CT molecular complexity index is 1050. The molecule has 5 aliphatic rings. The van der Waals surface area contributed by atoms with E-state index < -0.39 is 7.82 Å². The normalized spacial score (nSPS) is 35.4. The number of benzene rings is 2. The predicted octanol–water partition coefficient (Wildman–Crippen LogP) is 5.98. The van der Waals surface area contributed by atoms with Crippen LogP contribution in [0.1, 0.15) is 37.7 Å². The molecule has 7 rings (SSSR count). The fourth-order valence-electron chi connectivity index (χ4n) is 6.40. The lowest BCUT2D eigenvalue weighted by Gasteiger charge is -2.57. The number of fused-ring (bicyclic) bond motifs is 1. The predicted molar refractivity (Wildman–Crippen MR) is 115 cm³/mol. The van der Waals surface area contributed by atoms with Crippen molar-refractivity contribution in [3.8, 4) is 5.75 Å². The lowest BCUT2D eigenvalue weighted by Crippen LogP contribution is -2.53. The highest BCUT2D eigenvalue weighted by molar-refractivity contribution is 7.49. The third-order valence-electron chi connectivity index (χ3n) is 7.45. The topological polar surface area (TPSA) is 54.0 Å². The molecule has 1 aliphatic heterocycles. The van der Waals surface area contributed by atoms with Gasteiger partial charge in [-0.15, -0.1) is 0 Å². The Kier molecular flexibility index (Phi) is 4.40. The van der Waals surface area contributed by atoms with Gasteiger partial charge in [0.15, 0.2) is 0 Å². The van der Waals surface area contributed by atoms with Crippen molar-refractivity contribution < 1.29 is 22.9 Å². The second-order valence-corrected chi connectivity index (χ2v) is 10.9. The van der Waals surface area contributed by atoms with Crippen molar-refractivity contribution in [2.24, 2.45) is 17.8 Å². The van der Waals surface area contributed by atoms with Crippen molar-refractivity contribution in [1.29, 1.82) is 0 Å². The Balaban J connectivity index is 1.34. The number of ether oxygens (including phenoxy) is 1. The van der Waals surface area contributed by atoms with Gasteiger partial charge in [0.1, 0.15) is 5.75 Å². The van der Waals surface area contributed by atoms with Gasteiger partial charge in [0.25, 0.3) is 0 Å². The highest BCUT2D eigenvalue weighted by Crippen LogP contribution is 2.60. The third kappa shape index (κ3) is 3.15. The molecule has 2 aromatic carbocycles. The standard InChI is InChI=1S/C24H27O5P/c1-26-24-14-17-8-18(15-24)11-21(10-17)23(24)12-16-2-3-19-4-5-22(13-20(19)9-16)29-30(25)27-6-7-28-30/h2-5,9,12-13,17-18,21H,6-8,10-11,14-15H2,1H3. The summed E-state index contributed by atoms with van der Waals surface area (Å²) in [4.78, 5) is 0. The molecule has 0 radical (unpaired) electrons. The first-order chi connectivity index (χ1) is 14.5.